The van der Waals surface area contributed by atoms with Gasteiger partial charge in [0.25, 0.3) is 0 Å². The number of nitrogen functional groups attached to an aromatic ring is 1. The summed E-state index contributed by atoms with van der Waals surface area (Å²) in [7, 11) is 0. The van der Waals surface area contributed by atoms with Gasteiger partial charge in [-0.25, -0.2) is 9.97 Å². The summed E-state index contributed by atoms with van der Waals surface area (Å²) in [4.78, 5) is 9.55. The van der Waals surface area contributed by atoms with E-state index < -0.39 is 0 Å². The molecule has 0 atom stereocenters. The molecule has 3 nitrogen and oxygen atoms in total. The predicted octanol–water partition coefficient (Wildman–Crippen LogP) is 5.16. The number of nitrogens with two attached hydrogens (primary N) is 1. The summed E-state index contributed by atoms with van der Waals surface area (Å²) in [5, 5.41) is 0. The van der Waals surface area contributed by atoms with Crippen LogP contribution < -0.4 is 5.73 Å². The zero-order chi connectivity index (χ0) is 14.8. The van der Waals surface area contributed by atoms with Crippen LogP contribution in [0.2, 0.25) is 0 Å². The summed E-state index contributed by atoms with van der Waals surface area (Å²) in [6.45, 7) is 2.30. The van der Waals surface area contributed by atoms with E-state index in [-0.39, 0.29) is 0 Å². The maximum absolute atomic E-state index is 6.15. The molecule has 1 aromatic heterocycles. The summed E-state index contributed by atoms with van der Waals surface area (Å²) in [6.07, 6.45) is 11.5. The van der Waals surface area contributed by atoms with Crippen molar-refractivity contribution in [3.63, 3.8) is 0 Å². The molecule has 0 unspecified atom stereocenters. The van der Waals surface area contributed by atoms with Crippen molar-refractivity contribution in [3.8, 4) is 0 Å². The second kappa shape index (κ2) is 6.64. The molecule has 0 amide bonds. The average molecular weight is 352 g/mol. The van der Waals surface area contributed by atoms with Gasteiger partial charge in [-0.2, -0.15) is 0 Å². The van der Waals surface area contributed by atoms with Crippen LogP contribution in [-0.2, 0) is 0 Å². The Hall–Kier alpha value is -0.640. The number of nitrogens with zero attached hydrogens (tertiary/aromatic N) is 2. The van der Waals surface area contributed by atoms with Crippen LogP contribution in [0.25, 0.3) is 0 Å². The van der Waals surface area contributed by atoms with Crippen LogP contribution >= 0.6 is 15.9 Å². The zero-order valence-corrected chi connectivity index (χ0v) is 14.5. The van der Waals surface area contributed by atoms with Gasteiger partial charge in [-0.15, -0.1) is 0 Å². The van der Waals surface area contributed by atoms with E-state index in [9.17, 15) is 0 Å². The Morgan fingerprint density at radius 2 is 1.67 bits per heavy atom. The number of hydrogen-bond acceptors (Lipinski definition) is 3. The third-order valence-electron chi connectivity index (χ3n) is 5.45. The molecule has 21 heavy (non-hydrogen) atoms. The third kappa shape index (κ3) is 3.25. The summed E-state index contributed by atoms with van der Waals surface area (Å²) >= 11 is 3.62. The minimum Gasteiger partial charge on any atom is -0.383 e. The van der Waals surface area contributed by atoms with Gasteiger partial charge in [0, 0.05) is 11.8 Å². The van der Waals surface area contributed by atoms with Gasteiger partial charge in [0.1, 0.15) is 11.6 Å². The quantitative estimate of drug-likeness (QED) is 0.817. The van der Waals surface area contributed by atoms with E-state index in [2.05, 4.69) is 27.8 Å². The van der Waals surface area contributed by atoms with Gasteiger partial charge in [0.05, 0.1) is 10.2 Å². The van der Waals surface area contributed by atoms with E-state index in [0.29, 0.717) is 17.7 Å². The normalized spacial score (nSPS) is 27.1. The average Bonchev–Trinajstić information content (AvgIpc) is 3.04. The van der Waals surface area contributed by atoms with Crippen LogP contribution in [0.4, 0.5) is 5.82 Å². The van der Waals surface area contributed by atoms with E-state index in [1.165, 1.54) is 63.5 Å². The van der Waals surface area contributed by atoms with E-state index in [1.54, 1.807) is 0 Å². The first-order valence-corrected chi connectivity index (χ1v) is 9.31. The monoisotopic (exact) mass is 351 g/mol. The van der Waals surface area contributed by atoms with Gasteiger partial charge in [-0.3, -0.25) is 0 Å². The van der Waals surface area contributed by atoms with Crippen LogP contribution in [-0.4, -0.2) is 9.97 Å². The number of rotatable bonds is 3. The first-order chi connectivity index (χ1) is 10.2. The van der Waals surface area contributed by atoms with Crippen molar-refractivity contribution in [2.45, 2.75) is 76.5 Å². The Kier molecular flexibility index (Phi) is 4.82. The second-order valence-electron chi connectivity index (χ2n) is 6.77. The van der Waals surface area contributed by atoms with Crippen molar-refractivity contribution in [3.05, 3.63) is 16.0 Å². The largest absolute Gasteiger partial charge is 0.383 e. The first kappa shape index (κ1) is 15.3. The standard InChI is InChI=1S/C17H26BrN3/c1-2-11-7-9-13(10-8-11)17-20-15(12-5-3-4-6-12)14(18)16(19)21-17/h11-13H,2-10H2,1H3,(H2,19,20,21). The highest BCUT2D eigenvalue weighted by atomic mass is 79.9. The van der Waals surface area contributed by atoms with Crippen LogP contribution in [0.15, 0.2) is 4.47 Å². The van der Waals surface area contributed by atoms with Crippen molar-refractivity contribution in [2.24, 2.45) is 5.92 Å². The highest BCUT2D eigenvalue weighted by Crippen LogP contribution is 2.41. The van der Waals surface area contributed by atoms with Gasteiger partial charge in [-0.1, -0.05) is 26.2 Å². The fraction of sp³-hybridized carbons (Fsp3) is 0.765. The Bertz CT molecular complexity index is 489. The lowest BCUT2D eigenvalue weighted by Gasteiger charge is -2.27. The zero-order valence-electron chi connectivity index (χ0n) is 12.9. The molecule has 2 saturated carbocycles. The molecule has 2 aliphatic carbocycles. The molecule has 116 valence electrons. The van der Waals surface area contributed by atoms with Crippen molar-refractivity contribution in [1.82, 2.24) is 9.97 Å². The van der Waals surface area contributed by atoms with Crippen molar-refractivity contribution in [2.75, 3.05) is 5.73 Å². The number of hydrogen-bond donors (Lipinski definition) is 1. The molecule has 0 aliphatic heterocycles. The predicted molar refractivity (Wildman–Crippen MR) is 90.3 cm³/mol. The summed E-state index contributed by atoms with van der Waals surface area (Å²) < 4.78 is 0.945. The SMILES string of the molecule is CCC1CCC(c2nc(N)c(Br)c(C3CCCC3)n2)CC1. The van der Waals surface area contributed by atoms with Crippen molar-refractivity contribution in [1.29, 1.82) is 0 Å². The topological polar surface area (TPSA) is 51.8 Å². The highest BCUT2D eigenvalue weighted by Gasteiger charge is 2.27. The third-order valence-corrected chi connectivity index (χ3v) is 6.26. The lowest BCUT2D eigenvalue weighted by Crippen LogP contribution is -2.17. The molecule has 0 spiro atoms. The smallest absolute Gasteiger partial charge is 0.141 e. The van der Waals surface area contributed by atoms with Gasteiger partial charge < -0.3 is 5.73 Å². The van der Waals surface area contributed by atoms with Crippen LogP contribution in [0.1, 0.15) is 88.1 Å². The van der Waals surface area contributed by atoms with Crippen molar-refractivity contribution < 1.29 is 0 Å². The second-order valence-corrected chi connectivity index (χ2v) is 7.57. The Morgan fingerprint density at radius 1 is 1.00 bits per heavy atom. The maximum atomic E-state index is 6.15. The lowest BCUT2D eigenvalue weighted by atomic mass is 9.80. The van der Waals surface area contributed by atoms with Gasteiger partial charge in [-0.05, 0) is 60.4 Å². The van der Waals surface area contributed by atoms with Crippen LogP contribution in [0, 0.1) is 5.92 Å². The molecule has 4 heteroatoms. The highest BCUT2D eigenvalue weighted by molar-refractivity contribution is 9.10. The summed E-state index contributed by atoms with van der Waals surface area (Å²) in [5.41, 5.74) is 7.32. The molecule has 2 aliphatic rings. The Balaban J connectivity index is 1.82. The molecule has 1 aromatic rings. The van der Waals surface area contributed by atoms with E-state index in [4.69, 9.17) is 10.7 Å². The molecule has 2 fully saturated rings. The fourth-order valence-corrected chi connectivity index (χ4v) is 4.48. The fourth-order valence-electron chi connectivity index (χ4n) is 3.98. The minimum atomic E-state index is 0.517. The molecular formula is C17H26BrN3. The van der Waals surface area contributed by atoms with Crippen LogP contribution in [0.3, 0.4) is 0 Å². The van der Waals surface area contributed by atoms with Gasteiger partial charge in [0.15, 0.2) is 0 Å². The first-order valence-electron chi connectivity index (χ1n) is 8.51. The Morgan fingerprint density at radius 3 is 2.29 bits per heavy atom. The molecule has 1 heterocycles. The summed E-state index contributed by atoms with van der Waals surface area (Å²) in [6, 6.07) is 0. The number of halogens is 1. The minimum absolute atomic E-state index is 0.517. The summed E-state index contributed by atoms with van der Waals surface area (Å²) in [5.74, 6) is 3.65. The van der Waals surface area contributed by atoms with Gasteiger partial charge in [0.2, 0.25) is 0 Å². The number of aromatic nitrogens is 2. The van der Waals surface area contributed by atoms with E-state index in [1.807, 2.05) is 0 Å². The van der Waals surface area contributed by atoms with E-state index in [0.717, 1.165) is 16.2 Å². The van der Waals surface area contributed by atoms with Crippen LogP contribution in [0.5, 0.6) is 0 Å². The van der Waals surface area contributed by atoms with E-state index >= 15 is 0 Å². The molecule has 3 rings (SSSR count). The molecular weight excluding hydrogens is 326 g/mol. The maximum Gasteiger partial charge on any atom is 0.141 e. The molecule has 2 N–H and O–H groups in total. The molecule has 0 aromatic carbocycles. The molecule has 0 saturated heterocycles. The van der Waals surface area contributed by atoms with Gasteiger partial charge >= 0.3 is 0 Å². The van der Waals surface area contributed by atoms with Crippen molar-refractivity contribution >= 4 is 21.7 Å². The molecule has 0 radical (unpaired) electrons. The Labute approximate surface area is 136 Å². The number of anilines is 1. The molecule has 0 bridgehead atoms. The lowest BCUT2D eigenvalue weighted by molar-refractivity contribution is 0.311.